The van der Waals surface area contributed by atoms with E-state index >= 15 is 0 Å². The van der Waals surface area contributed by atoms with Gasteiger partial charge in [-0.2, -0.15) is 5.26 Å². The van der Waals surface area contributed by atoms with Crippen LogP contribution in [0, 0.1) is 18.3 Å². The summed E-state index contributed by atoms with van der Waals surface area (Å²) >= 11 is 0. The first-order chi connectivity index (χ1) is 10.9. The molecule has 0 radical (unpaired) electrons. The van der Waals surface area contributed by atoms with Gasteiger partial charge in [0.1, 0.15) is 6.10 Å². The van der Waals surface area contributed by atoms with Crippen LogP contribution in [0.4, 0.5) is 10.5 Å². The van der Waals surface area contributed by atoms with Gasteiger partial charge in [-0.05, 0) is 43.0 Å². The largest absolute Gasteiger partial charge is 0.442 e. The number of amides is 2. The van der Waals surface area contributed by atoms with Crippen LogP contribution in [0.3, 0.4) is 0 Å². The number of aryl methyl sites for hydroxylation is 1. The molecule has 1 aromatic carbocycles. The van der Waals surface area contributed by atoms with E-state index in [1.807, 2.05) is 25.1 Å². The number of ether oxygens (including phenoxy) is 1. The predicted octanol–water partition coefficient (Wildman–Crippen LogP) is 2.01. The van der Waals surface area contributed by atoms with Crippen LogP contribution >= 0.6 is 0 Å². The summed E-state index contributed by atoms with van der Waals surface area (Å²) in [4.78, 5) is 24.5. The van der Waals surface area contributed by atoms with Crippen LogP contribution < -0.4 is 10.2 Å². The third-order valence-corrected chi connectivity index (χ3v) is 4.45. The quantitative estimate of drug-likeness (QED) is 0.922. The van der Waals surface area contributed by atoms with E-state index in [4.69, 9.17) is 4.74 Å². The maximum absolute atomic E-state index is 12.0. The molecule has 2 amide bonds. The Labute approximate surface area is 135 Å². The van der Waals surface area contributed by atoms with E-state index < -0.39 is 6.09 Å². The molecule has 1 saturated carbocycles. The summed E-state index contributed by atoms with van der Waals surface area (Å²) in [5.41, 5.74) is 2.49. The number of carbonyl (C=O) groups excluding carboxylic acids is 2. The Kier molecular flexibility index (Phi) is 3.72. The molecule has 1 unspecified atom stereocenters. The zero-order valence-corrected chi connectivity index (χ0v) is 13.3. The van der Waals surface area contributed by atoms with Gasteiger partial charge < -0.3 is 10.1 Å². The van der Waals surface area contributed by atoms with Gasteiger partial charge in [0, 0.05) is 12.6 Å². The van der Waals surface area contributed by atoms with E-state index in [1.165, 1.54) is 6.92 Å². The Hall–Kier alpha value is -2.55. The van der Waals surface area contributed by atoms with Crippen LogP contribution in [0.1, 0.15) is 30.9 Å². The van der Waals surface area contributed by atoms with Crippen molar-refractivity contribution in [2.45, 2.75) is 38.2 Å². The SMILES string of the molecule is CC(=O)NCC1CN(c2ccc(C3(C#N)CC3)c(C)c2)C(=O)O1. The van der Waals surface area contributed by atoms with E-state index in [1.54, 1.807) is 4.90 Å². The second kappa shape index (κ2) is 5.58. The predicted molar refractivity (Wildman–Crippen MR) is 84.0 cm³/mol. The number of anilines is 1. The van der Waals surface area contributed by atoms with Crippen LogP contribution in [-0.4, -0.2) is 31.2 Å². The van der Waals surface area contributed by atoms with E-state index in [2.05, 4.69) is 11.4 Å². The van der Waals surface area contributed by atoms with Gasteiger partial charge in [-0.1, -0.05) is 6.07 Å². The van der Waals surface area contributed by atoms with E-state index in [9.17, 15) is 14.9 Å². The zero-order chi connectivity index (χ0) is 16.6. The van der Waals surface area contributed by atoms with Crippen molar-refractivity contribution in [2.24, 2.45) is 0 Å². The topological polar surface area (TPSA) is 82.4 Å². The lowest BCUT2D eigenvalue weighted by Gasteiger charge is -2.17. The van der Waals surface area contributed by atoms with Crippen molar-refractivity contribution in [2.75, 3.05) is 18.0 Å². The van der Waals surface area contributed by atoms with E-state index in [0.29, 0.717) is 13.1 Å². The Balaban J connectivity index is 1.75. The van der Waals surface area contributed by atoms with E-state index in [-0.39, 0.29) is 17.4 Å². The highest BCUT2D eigenvalue weighted by atomic mass is 16.6. The number of hydrogen-bond donors (Lipinski definition) is 1. The van der Waals surface area contributed by atoms with Gasteiger partial charge >= 0.3 is 6.09 Å². The number of cyclic esters (lactones) is 1. The van der Waals surface area contributed by atoms with Gasteiger partial charge in [0.25, 0.3) is 0 Å². The van der Waals surface area contributed by atoms with Crippen molar-refractivity contribution in [1.82, 2.24) is 5.32 Å². The second-order valence-corrected chi connectivity index (χ2v) is 6.25. The number of rotatable bonds is 4. The molecule has 2 aliphatic rings. The summed E-state index contributed by atoms with van der Waals surface area (Å²) < 4.78 is 5.27. The molecule has 6 nitrogen and oxygen atoms in total. The van der Waals surface area contributed by atoms with Gasteiger partial charge in [-0.25, -0.2) is 4.79 Å². The molecule has 2 fully saturated rings. The number of carbonyl (C=O) groups is 2. The maximum Gasteiger partial charge on any atom is 0.414 e. The molecular weight excluding hydrogens is 294 g/mol. The first kappa shape index (κ1) is 15.3. The minimum Gasteiger partial charge on any atom is -0.442 e. The Morgan fingerprint density at radius 2 is 2.26 bits per heavy atom. The fourth-order valence-electron chi connectivity index (χ4n) is 3.02. The van der Waals surface area contributed by atoms with Crippen molar-refractivity contribution in [3.8, 4) is 6.07 Å². The highest BCUT2D eigenvalue weighted by Gasteiger charge is 2.46. The van der Waals surface area contributed by atoms with Crippen molar-refractivity contribution in [3.05, 3.63) is 29.3 Å². The molecule has 6 heteroatoms. The van der Waals surface area contributed by atoms with Crippen LogP contribution in [0.25, 0.3) is 0 Å². The third kappa shape index (κ3) is 2.87. The average Bonchev–Trinajstić information content (AvgIpc) is 3.22. The van der Waals surface area contributed by atoms with Crippen LogP contribution in [0.5, 0.6) is 0 Å². The molecule has 1 aliphatic heterocycles. The second-order valence-electron chi connectivity index (χ2n) is 6.25. The van der Waals surface area contributed by atoms with Crippen molar-refractivity contribution < 1.29 is 14.3 Å². The first-order valence-corrected chi connectivity index (χ1v) is 7.70. The molecule has 1 aliphatic carbocycles. The Morgan fingerprint density at radius 1 is 1.52 bits per heavy atom. The molecule has 23 heavy (non-hydrogen) atoms. The monoisotopic (exact) mass is 313 g/mol. The Morgan fingerprint density at radius 3 is 2.83 bits per heavy atom. The normalized spacial score (nSPS) is 21.5. The van der Waals surface area contributed by atoms with Gasteiger partial charge in [0.15, 0.2) is 0 Å². The molecule has 0 bridgehead atoms. The maximum atomic E-state index is 12.0. The average molecular weight is 313 g/mol. The minimum atomic E-state index is -0.408. The zero-order valence-electron chi connectivity index (χ0n) is 13.3. The van der Waals surface area contributed by atoms with Crippen molar-refractivity contribution >= 4 is 17.7 Å². The van der Waals surface area contributed by atoms with Crippen LogP contribution in [0.15, 0.2) is 18.2 Å². The van der Waals surface area contributed by atoms with E-state index in [0.717, 1.165) is 29.7 Å². The fourth-order valence-corrected chi connectivity index (χ4v) is 3.02. The molecule has 0 spiro atoms. The fraction of sp³-hybridized carbons (Fsp3) is 0.471. The Bertz CT molecular complexity index is 704. The van der Waals surface area contributed by atoms with Gasteiger partial charge in [-0.15, -0.1) is 0 Å². The number of nitriles is 1. The molecule has 1 saturated heterocycles. The number of nitrogens with zero attached hydrogens (tertiary/aromatic N) is 2. The summed E-state index contributed by atoms with van der Waals surface area (Å²) in [5.74, 6) is -0.147. The lowest BCUT2D eigenvalue weighted by molar-refractivity contribution is -0.119. The highest BCUT2D eigenvalue weighted by molar-refractivity contribution is 5.90. The van der Waals surface area contributed by atoms with Crippen LogP contribution in [-0.2, 0) is 14.9 Å². The summed E-state index contributed by atoms with van der Waals surface area (Å²) in [6.45, 7) is 4.11. The first-order valence-electron chi connectivity index (χ1n) is 7.70. The molecule has 1 N–H and O–H groups in total. The standard InChI is InChI=1S/C17H19N3O3/c1-11-7-13(3-4-15(11)17(10-18)5-6-17)20-9-14(23-16(20)22)8-19-12(2)21/h3-4,7,14H,5-6,8-9H2,1-2H3,(H,19,21). The van der Waals surface area contributed by atoms with Crippen molar-refractivity contribution in [1.29, 1.82) is 5.26 Å². The molecule has 1 atom stereocenters. The highest BCUT2D eigenvalue weighted by Crippen LogP contribution is 2.49. The van der Waals surface area contributed by atoms with Gasteiger partial charge in [0.2, 0.25) is 5.91 Å². The number of nitrogens with one attached hydrogen (secondary N) is 1. The third-order valence-electron chi connectivity index (χ3n) is 4.45. The van der Waals surface area contributed by atoms with Gasteiger partial charge in [0.05, 0.1) is 24.6 Å². The lowest BCUT2D eigenvalue weighted by atomic mass is 9.93. The van der Waals surface area contributed by atoms with Crippen molar-refractivity contribution in [3.63, 3.8) is 0 Å². The molecule has 1 aromatic rings. The smallest absolute Gasteiger partial charge is 0.414 e. The molecule has 3 rings (SSSR count). The summed E-state index contributed by atoms with van der Waals surface area (Å²) in [6, 6.07) is 8.12. The lowest BCUT2D eigenvalue weighted by Crippen LogP contribution is -2.33. The molecular formula is C17H19N3O3. The van der Waals surface area contributed by atoms with Gasteiger partial charge in [-0.3, -0.25) is 9.69 Å². The summed E-state index contributed by atoms with van der Waals surface area (Å²) in [7, 11) is 0. The molecule has 120 valence electrons. The van der Waals surface area contributed by atoms with Crippen LogP contribution in [0.2, 0.25) is 0 Å². The number of benzene rings is 1. The summed E-state index contributed by atoms with van der Waals surface area (Å²) in [6.07, 6.45) is 1.04. The molecule has 1 heterocycles. The molecule has 0 aromatic heterocycles. The number of hydrogen-bond acceptors (Lipinski definition) is 4. The minimum absolute atomic E-state index is 0.147. The summed E-state index contributed by atoms with van der Waals surface area (Å²) in [5, 5.41) is 12.0.